The van der Waals surface area contributed by atoms with Gasteiger partial charge in [-0.25, -0.2) is 0 Å². The van der Waals surface area contributed by atoms with Crippen LogP contribution in [0.2, 0.25) is 10.0 Å². The summed E-state index contributed by atoms with van der Waals surface area (Å²) in [7, 11) is 0. The molecule has 0 N–H and O–H groups in total. The molecule has 2 aromatic rings. The molecular formula is C19H25Cl2N3O2. The zero-order valence-electron chi connectivity index (χ0n) is 15.5. The zero-order chi connectivity index (χ0) is 19.1. The van der Waals surface area contributed by atoms with Crippen LogP contribution in [-0.2, 0) is 0 Å². The van der Waals surface area contributed by atoms with Crippen molar-refractivity contribution in [2.45, 2.75) is 52.9 Å². The van der Waals surface area contributed by atoms with Crippen LogP contribution < -0.4 is 4.74 Å². The Kier molecular flexibility index (Phi) is 7.91. The van der Waals surface area contributed by atoms with Crippen LogP contribution in [0.4, 0.5) is 0 Å². The molecule has 0 amide bonds. The summed E-state index contributed by atoms with van der Waals surface area (Å²) >= 11 is 12.3. The van der Waals surface area contributed by atoms with E-state index in [9.17, 15) is 4.79 Å². The van der Waals surface area contributed by atoms with E-state index < -0.39 is 0 Å². The van der Waals surface area contributed by atoms with E-state index in [-0.39, 0.29) is 11.9 Å². The minimum atomic E-state index is -0.117. The Morgan fingerprint density at radius 3 is 2.65 bits per heavy atom. The Morgan fingerprint density at radius 1 is 1.23 bits per heavy atom. The van der Waals surface area contributed by atoms with E-state index in [4.69, 9.17) is 27.9 Å². The van der Waals surface area contributed by atoms with E-state index >= 15 is 0 Å². The van der Waals surface area contributed by atoms with Crippen molar-refractivity contribution < 1.29 is 9.53 Å². The van der Waals surface area contributed by atoms with Gasteiger partial charge in [-0.15, -0.1) is 5.10 Å². The number of carbonyl (C=O) groups is 1. The van der Waals surface area contributed by atoms with E-state index in [0.717, 1.165) is 25.7 Å². The SMILES string of the molecule is CCCCCCC(=O)n1nc(OCC(C)C)nc1-c1ccc(Cl)cc1Cl. The molecule has 0 fully saturated rings. The average Bonchev–Trinajstić information content (AvgIpc) is 3.01. The van der Waals surface area contributed by atoms with Gasteiger partial charge in [-0.05, 0) is 30.5 Å². The molecule has 0 aliphatic heterocycles. The number of benzene rings is 1. The summed E-state index contributed by atoms with van der Waals surface area (Å²) in [5.41, 5.74) is 0.602. The predicted molar refractivity (Wildman–Crippen MR) is 105 cm³/mol. The minimum absolute atomic E-state index is 0.117. The third-order valence-corrected chi connectivity index (χ3v) is 4.33. The molecule has 7 heteroatoms. The highest BCUT2D eigenvalue weighted by Gasteiger charge is 2.20. The van der Waals surface area contributed by atoms with Crippen molar-refractivity contribution in [3.8, 4) is 17.4 Å². The largest absolute Gasteiger partial charge is 0.462 e. The van der Waals surface area contributed by atoms with E-state index in [1.54, 1.807) is 18.2 Å². The summed E-state index contributed by atoms with van der Waals surface area (Å²) in [5, 5.41) is 5.20. The lowest BCUT2D eigenvalue weighted by molar-refractivity contribution is 0.0882. The van der Waals surface area contributed by atoms with Crippen molar-refractivity contribution in [3.63, 3.8) is 0 Å². The molecule has 0 aliphatic rings. The lowest BCUT2D eigenvalue weighted by atomic mass is 10.1. The minimum Gasteiger partial charge on any atom is -0.462 e. The first kappa shape index (κ1) is 20.7. The van der Waals surface area contributed by atoms with Crippen molar-refractivity contribution >= 4 is 29.1 Å². The second-order valence-electron chi connectivity index (χ2n) is 6.66. The lowest BCUT2D eigenvalue weighted by Crippen LogP contribution is -2.14. The molecule has 0 aliphatic carbocycles. The first-order valence-electron chi connectivity index (χ1n) is 9.00. The predicted octanol–water partition coefficient (Wildman–Crippen LogP) is 5.90. The Morgan fingerprint density at radius 2 is 2.00 bits per heavy atom. The number of carbonyl (C=O) groups excluding carboxylic acids is 1. The first-order valence-corrected chi connectivity index (χ1v) is 9.76. The van der Waals surface area contributed by atoms with Crippen LogP contribution in [0.15, 0.2) is 18.2 Å². The van der Waals surface area contributed by atoms with Crippen molar-refractivity contribution in [2.75, 3.05) is 6.61 Å². The van der Waals surface area contributed by atoms with Gasteiger partial charge < -0.3 is 4.74 Å². The molecule has 0 bridgehead atoms. The van der Waals surface area contributed by atoms with Crippen LogP contribution in [0.1, 0.15) is 57.7 Å². The fourth-order valence-electron chi connectivity index (χ4n) is 2.42. The van der Waals surface area contributed by atoms with Crippen molar-refractivity contribution in [1.82, 2.24) is 14.8 Å². The maximum absolute atomic E-state index is 12.7. The quantitative estimate of drug-likeness (QED) is 0.494. The molecule has 26 heavy (non-hydrogen) atoms. The van der Waals surface area contributed by atoms with Crippen LogP contribution in [0.25, 0.3) is 11.4 Å². The third kappa shape index (κ3) is 5.71. The molecule has 0 saturated carbocycles. The highest BCUT2D eigenvalue weighted by atomic mass is 35.5. The summed E-state index contributed by atoms with van der Waals surface area (Å²) in [6.45, 7) is 6.68. The number of hydrogen-bond donors (Lipinski definition) is 0. The fraction of sp³-hybridized carbons (Fsp3) is 0.526. The summed E-state index contributed by atoms with van der Waals surface area (Å²) in [4.78, 5) is 17.1. The second kappa shape index (κ2) is 9.93. The van der Waals surface area contributed by atoms with Crippen LogP contribution in [0, 0.1) is 5.92 Å². The number of hydrogen-bond acceptors (Lipinski definition) is 4. The Balaban J connectivity index is 2.29. The second-order valence-corrected chi connectivity index (χ2v) is 7.51. The molecule has 0 radical (unpaired) electrons. The fourth-order valence-corrected chi connectivity index (χ4v) is 2.92. The molecular weight excluding hydrogens is 373 g/mol. The van der Waals surface area contributed by atoms with Gasteiger partial charge in [0.15, 0.2) is 5.82 Å². The van der Waals surface area contributed by atoms with E-state index in [1.165, 1.54) is 4.68 Å². The number of nitrogens with zero attached hydrogens (tertiary/aromatic N) is 3. The number of unbranched alkanes of at least 4 members (excludes halogenated alkanes) is 3. The van der Waals surface area contributed by atoms with Gasteiger partial charge in [-0.3, -0.25) is 4.79 Å². The number of rotatable bonds is 9. The Labute approximate surface area is 164 Å². The summed E-state index contributed by atoms with van der Waals surface area (Å²) in [5.74, 6) is 0.592. The summed E-state index contributed by atoms with van der Waals surface area (Å²) in [6.07, 6.45) is 4.48. The van der Waals surface area contributed by atoms with Gasteiger partial charge in [0.1, 0.15) is 0 Å². The molecule has 5 nitrogen and oxygen atoms in total. The average molecular weight is 398 g/mol. The van der Waals surface area contributed by atoms with Gasteiger partial charge in [0, 0.05) is 17.0 Å². The highest BCUT2D eigenvalue weighted by Crippen LogP contribution is 2.30. The van der Waals surface area contributed by atoms with Crippen molar-refractivity contribution in [1.29, 1.82) is 0 Å². The van der Waals surface area contributed by atoms with Crippen LogP contribution in [0.5, 0.6) is 6.01 Å². The molecule has 0 unspecified atom stereocenters. The van der Waals surface area contributed by atoms with Gasteiger partial charge in [0.05, 0.1) is 11.6 Å². The van der Waals surface area contributed by atoms with Crippen molar-refractivity contribution in [2.24, 2.45) is 5.92 Å². The van der Waals surface area contributed by atoms with Gasteiger partial charge in [0.25, 0.3) is 0 Å². The lowest BCUT2D eigenvalue weighted by Gasteiger charge is -2.06. The van der Waals surface area contributed by atoms with Gasteiger partial charge in [-0.1, -0.05) is 63.2 Å². The molecule has 0 spiro atoms. The molecule has 1 aromatic heterocycles. The number of ether oxygens (including phenoxy) is 1. The molecule has 0 saturated heterocycles. The van der Waals surface area contributed by atoms with Crippen molar-refractivity contribution in [3.05, 3.63) is 28.2 Å². The highest BCUT2D eigenvalue weighted by molar-refractivity contribution is 6.36. The third-order valence-electron chi connectivity index (χ3n) is 3.79. The smallest absolute Gasteiger partial charge is 0.336 e. The zero-order valence-corrected chi connectivity index (χ0v) is 17.0. The first-order chi connectivity index (χ1) is 12.4. The molecule has 2 rings (SSSR count). The van der Waals surface area contributed by atoms with Crippen LogP contribution in [-0.4, -0.2) is 27.3 Å². The normalized spacial score (nSPS) is 11.2. The van der Waals surface area contributed by atoms with Gasteiger partial charge in [0.2, 0.25) is 5.91 Å². The maximum Gasteiger partial charge on any atom is 0.336 e. The standard InChI is InChI=1S/C19H25Cl2N3O2/c1-4-5-6-7-8-17(25)24-18(15-10-9-14(20)11-16(15)21)22-19(23-24)26-12-13(2)3/h9-11,13H,4-8,12H2,1-3H3. The Hall–Kier alpha value is -1.59. The van der Waals surface area contributed by atoms with E-state index in [2.05, 4.69) is 17.0 Å². The topological polar surface area (TPSA) is 57.0 Å². The Bertz CT molecular complexity index is 744. The summed E-state index contributed by atoms with van der Waals surface area (Å²) in [6, 6.07) is 5.25. The van der Waals surface area contributed by atoms with E-state index in [0.29, 0.717) is 40.4 Å². The molecule has 0 atom stereocenters. The number of aromatic nitrogens is 3. The van der Waals surface area contributed by atoms with Crippen LogP contribution >= 0.6 is 23.2 Å². The van der Waals surface area contributed by atoms with Gasteiger partial charge >= 0.3 is 6.01 Å². The molecule has 1 heterocycles. The molecule has 1 aromatic carbocycles. The monoisotopic (exact) mass is 397 g/mol. The van der Waals surface area contributed by atoms with Gasteiger partial charge in [-0.2, -0.15) is 9.67 Å². The summed E-state index contributed by atoms with van der Waals surface area (Å²) < 4.78 is 6.90. The molecule has 142 valence electrons. The van der Waals surface area contributed by atoms with Crippen LogP contribution in [0.3, 0.4) is 0 Å². The number of halogens is 2. The van der Waals surface area contributed by atoms with E-state index in [1.807, 2.05) is 13.8 Å². The maximum atomic E-state index is 12.7.